The van der Waals surface area contributed by atoms with Gasteiger partial charge in [-0.1, -0.05) is 84.9 Å². The highest BCUT2D eigenvalue weighted by atomic mass is 16.4. The topological polar surface area (TPSA) is 365 Å². The van der Waals surface area contributed by atoms with Crippen LogP contribution in [0.3, 0.4) is 0 Å². The van der Waals surface area contributed by atoms with Crippen molar-refractivity contribution < 1.29 is 63.6 Å². The average molecular weight is 1060 g/mol. The molecule has 13 N–H and O–H groups in total. The smallest absolute Gasteiger partial charge is 0.326 e. The van der Waals surface area contributed by atoms with Crippen molar-refractivity contribution in [3.8, 4) is 11.5 Å². The second-order valence-electron chi connectivity index (χ2n) is 18.5. The van der Waals surface area contributed by atoms with Crippen molar-refractivity contribution >= 4 is 53.3 Å². The van der Waals surface area contributed by atoms with Gasteiger partial charge in [0.2, 0.25) is 41.4 Å². The number of rotatable bonds is 27. The number of aromatic hydroxyl groups is 2. The molecule has 6 rings (SSSR count). The fraction of sp³-hybridized carbons (Fsp3) is 0.333. The molecule has 1 fully saturated rings. The summed E-state index contributed by atoms with van der Waals surface area (Å²) < 4.78 is 0. The Kier molecular flexibility index (Phi) is 20.8. The number of carboxylic acids is 2. The Bertz CT molecular complexity index is 2820. The van der Waals surface area contributed by atoms with Crippen molar-refractivity contribution in [1.82, 2.24) is 46.8 Å². The number of carboxylic acid groups (broad SMARTS) is 2. The van der Waals surface area contributed by atoms with Crippen LogP contribution in [0.25, 0.3) is 0 Å². The van der Waals surface area contributed by atoms with E-state index in [0.29, 0.717) is 34.4 Å². The van der Waals surface area contributed by atoms with Gasteiger partial charge in [-0.15, -0.1) is 0 Å². The standard InChI is InChI=1S/C54H62N10O13/c55-29-46(67)58-40(24-32-8-3-1-4-9-32)49(71)62-43(27-35-15-19-38(66)20-16-35)53(75)64-23-7-12-45(64)52(74)59-39(21-22-47(68)69)48(70)60-41(25-33-10-5-2-6-11-33)50(72)61-42(26-34-13-17-37(65)18-14-34)51(73)63-44(54(76)77)28-36-30-56-31-57-36/h1-6,8-11,13-20,30-31,39-45,65-66H,7,12,21-29,55H2,(H,56,57)(H,58,67)(H,59,74)(H,60,70)(H,61,72)(H,62,71)(H,63,73)(H,68,69)(H,76,77)/t39-,40-,41-,42-,43-,44-,45+/m1/s1. The van der Waals surface area contributed by atoms with E-state index in [-0.39, 0.29) is 56.6 Å². The highest BCUT2D eigenvalue weighted by molar-refractivity contribution is 5.98. The van der Waals surface area contributed by atoms with E-state index in [1.54, 1.807) is 72.8 Å². The Morgan fingerprint density at radius 3 is 1.49 bits per heavy atom. The van der Waals surface area contributed by atoms with E-state index >= 15 is 0 Å². The minimum atomic E-state index is -1.60. The summed E-state index contributed by atoms with van der Waals surface area (Å²) in [5.74, 6) is -8.51. The molecule has 0 spiro atoms. The van der Waals surface area contributed by atoms with E-state index in [1.807, 2.05) is 0 Å². The summed E-state index contributed by atoms with van der Waals surface area (Å²) in [6.07, 6.45) is 1.41. The first-order chi connectivity index (χ1) is 37.0. The molecule has 0 bridgehead atoms. The third kappa shape index (κ3) is 17.5. The van der Waals surface area contributed by atoms with Gasteiger partial charge in [0.05, 0.1) is 12.9 Å². The van der Waals surface area contributed by atoms with E-state index in [2.05, 4.69) is 41.9 Å². The first-order valence-corrected chi connectivity index (χ1v) is 24.8. The molecular formula is C54H62N10O13. The highest BCUT2D eigenvalue weighted by Gasteiger charge is 2.40. The number of hydrogen-bond acceptors (Lipinski definition) is 13. The number of aromatic amines is 1. The molecule has 5 aromatic rings. The minimum absolute atomic E-state index is 0.0385. The molecule has 7 amide bonds. The Morgan fingerprint density at radius 1 is 0.571 bits per heavy atom. The van der Waals surface area contributed by atoms with Gasteiger partial charge in [-0.25, -0.2) is 9.78 Å². The fourth-order valence-electron chi connectivity index (χ4n) is 8.73. The Morgan fingerprint density at radius 2 is 1.03 bits per heavy atom. The molecule has 0 aliphatic carbocycles. The number of hydrogen-bond donors (Lipinski definition) is 12. The summed E-state index contributed by atoms with van der Waals surface area (Å²) in [6.45, 7) is -0.381. The van der Waals surface area contributed by atoms with Gasteiger partial charge in [0.25, 0.3) is 0 Å². The Hall–Kier alpha value is -9.12. The second kappa shape index (κ2) is 28.0. The van der Waals surface area contributed by atoms with E-state index in [1.165, 1.54) is 53.8 Å². The zero-order valence-electron chi connectivity index (χ0n) is 41.8. The van der Waals surface area contributed by atoms with Gasteiger partial charge in [-0.2, -0.15) is 0 Å². The maximum absolute atomic E-state index is 14.7. The van der Waals surface area contributed by atoms with Crippen LogP contribution in [-0.4, -0.2) is 144 Å². The number of nitrogens with two attached hydrogens (primary N) is 1. The summed E-state index contributed by atoms with van der Waals surface area (Å²) in [4.78, 5) is 131. The summed E-state index contributed by atoms with van der Waals surface area (Å²) in [5.41, 5.74) is 8.20. The van der Waals surface area contributed by atoms with Crippen molar-refractivity contribution in [1.29, 1.82) is 0 Å². The second-order valence-corrected chi connectivity index (χ2v) is 18.5. The van der Waals surface area contributed by atoms with Gasteiger partial charge in [-0.3, -0.25) is 38.4 Å². The molecule has 0 radical (unpaired) electrons. The number of H-pyrrole nitrogens is 1. The maximum atomic E-state index is 14.7. The van der Waals surface area contributed by atoms with Crippen LogP contribution < -0.4 is 37.6 Å². The van der Waals surface area contributed by atoms with E-state index in [4.69, 9.17) is 5.73 Å². The number of aromatic nitrogens is 2. The Balaban J connectivity index is 1.23. The largest absolute Gasteiger partial charge is 0.508 e. The third-order valence-electron chi connectivity index (χ3n) is 12.7. The number of phenolic OH excluding ortho intramolecular Hbond substituents is 2. The molecule has 4 aromatic carbocycles. The predicted molar refractivity (Wildman–Crippen MR) is 276 cm³/mol. The molecule has 2 heterocycles. The first-order valence-electron chi connectivity index (χ1n) is 24.8. The molecular weight excluding hydrogens is 997 g/mol. The normalized spacial score (nSPS) is 15.3. The fourth-order valence-corrected chi connectivity index (χ4v) is 8.73. The van der Waals surface area contributed by atoms with Crippen LogP contribution in [0.2, 0.25) is 0 Å². The molecule has 1 aliphatic heterocycles. The van der Waals surface area contributed by atoms with Crippen LogP contribution in [0.4, 0.5) is 0 Å². The number of nitrogens with one attached hydrogen (secondary N) is 7. The highest BCUT2D eigenvalue weighted by Crippen LogP contribution is 2.22. The first kappa shape index (κ1) is 57.2. The molecule has 406 valence electrons. The summed E-state index contributed by atoms with van der Waals surface area (Å²) in [6, 6.07) is 19.1. The van der Waals surface area contributed by atoms with Crippen LogP contribution in [0.15, 0.2) is 122 Å². The van der Waals surface area contributed by atoms with Crippen LogP contribution in [0, 0.1) is 0 Å². The minimum Gasteiger partial charge on any atom is -0.508 e. The summed E-state index contributed by atoms with van der Waals surface area (Å²) in [7, 11) is 0. The van der Waals surface area contributed by atoms with Gasteiger partial charge in [0.15, 0.2) is 0 Å². The monoisotopic (exact) mass is 1060 g/mol. The molecule has 0 unspecified atom stereocenters. The number of amides is 7. The van der Waals surface area contributed by atoms with Crippen molar-refractivity contribution in [3.05, 3.63) is 150 Å². The quantitative estimate of drug-likeness (QED) is 0.0333. The maximum Gasteiger partial charge on any atom is 0.326 e. The molecule has 7 atom stereocenters. The van der Waals surface area contributed by atoms with Crippen molar-refractivity contribution in [2.75, 3.05) is 13.1 Å². The molecule has 1 aromatic heterocycles. The van der Waals surface area contributed by atoms with Crippen molar-refractivity contribution in [3.63, 3.8) is 0 Å². The number of aliphatic carboxylic acids is 2. The molecule has 23 heteroatoms. The zero-order chi connectivity index (χ0) is 55.4. The lowest BCUT2D eigenvalue weighted by atomic mass is 10.0. The molecule has 1 aliphatic rings. The predicted octanol–water partition coefficient (Wildman–Crippen LogP) is 0.142. The van der Waals surface area contributed by atoms with Crippen molar-refractivity contribution in [2.45, 2.75) is 100 Å². The zero-order valence-corrected chi connectivity index (χ0v) is 41.8. The van der Waals surface area contributed by atoms with Crippen LogP contribution in [0.5, 0.6) is 11.5 Å². The van der Waals surface area contributed by atoms with Crippen molar-refractivity contribution in [2.24, 2.45) is 5.73 Å². The number of nitrogens with zero attached hydrogens (tertiary/aromatic N) is 2. The number of carbonyl (C=O) groups is 9. The molecule has 0 saturated carbocycles. The van der Waals surface area contributed by atoms with Gasteiger partial charge < -0.3 is 67.9 Å². The third-order valence-corrected chi connectivity index (χ3v) is 12.7. The number of imidazole rings is 1. The van der Waals surface area contributed by atoms with E-state index in [0.717, 1.165) is 0 Å². The van der Waals surface area contributed by atoms with Crippen LogP contribution in [0.1, 0.15) is 53.6 Å². The number of likely N-dealkylation sites (tertiary alicyclic amines) is 1. The van der Waals surface area contributed by atoms with Gasteiger partial charge in [0.1, 0.15) is 53.8 Å². The van der Waals surface area contributed by atoms with E-state index in [9.17, 15) is 63.6 Å². The Labute approximate surface area is 442 Å². The van der Waals surface area contributed by atoms with E-state index < -0.39 is 115 Å². The summed E-state index contributed by atoms with van der Waals surface area (Å²) in [5, 5.41) is 55.4. The van der Waals surface area contributed by atoms with Gasteiger partial charge >= 0.3 is 11.9 Å². The molecule has 1 saturated heterocycles. The lowest BCUT2D eigenvalue weighted by Gasteiger charge is -2.31. The van der Waals surface area contributed by atoms with Crippen LogP contribution in [-0.2, 0) is 75.3 Å². The SMILES string of the molecule is NCC(=O)N[C@H](Cc1ccccc1)C(=O)N[C@H](Cc1ccc(O)cc1)C(=O)N1CCC[C@H]1C(=O)N[C@H](CCC(=O)O)C(=O)N[C@H](Cc1ccccc1)C(=O)N[C@H](Cc1ccc(O)cc1)C(=O)N[C@H](Cc1cnc[nH]1)C(=O)O. The van der Waals surface area contributed by atoms with Crippen LogP contribution >= 0.6 is 0 Å². The number of carbonyl (C=O) groups excluding carboxylic acids is 7. The average Bonchev–Trinajstić information content (AvgIpc) is 4.14. The lowest BCUT2D eigenvalue weighted by Crippen LogP contribution is -2.60. The molecule has 23 nitrogen and oxygen atoms in total. The van der Waals surface area contributed by atoms with Gasteiger partial charge in [0, 0.05) is 57.0 Å². The number of phenols is 2. The summed E-state index contributed by atoms with van der Waals surface area (Å²) >= 11 is 0. The lowest BCUT2D eigenvalue weighted by molar-refractivity contribution is -0.143. The number of benzene rings is 4. The molecule has 77 heavy (non-hydrogen) atoms. The van der Waals surface area contributed by atoms with Gasteiger partial charge in [-0.05, 0) is 65.8 Å².